The lowest BCUT2D eigenvalue weighted by Gasteiger charge is -2.56. The predicted octanol–water partition coefficient (Wildman–Crippen LogP) is 2.83. The summed E-state index contributed by atoms with van der Waals surface area (Å²) in [5.41, 5.74) is 0.634. The van der Waals surface area contributed by atoms with E-state index in [1.807, 2.05) is 6.92 Å². The molecule has 4 aliphatic rings. The minimum Gasteiger partial charge on any atom is -0.466 e. The molecule has 4 saturated carbocycles. The molecule has 4 fully saturated rings. The van der Waals surface area contributed by atoms with E-state index in [2.05, 4.69) is 14.9 Å². The first-order valence-corrected chi connectivity index (χ1v) is 10.6. The molecule has 0 spiro atoms. The minimum absolute atomic E-state index is 0.149. The monoisotopic (exact) mass is 377 g/mol. The summed E-state index contributed by atoms with van der Waals surface area (Å²) in [7, 11) is 0. The van der Waals surface area contributed by atoms with Crippen LogP contribution in [-0.2, 0) is 9.53 Å². The van der Waals surface area contributed by atoms with Gasteiger partial charge in [0.1, 0.15) is 4.88 Å². The van der Waals surface area contributed by atoms with Crippen molar-refractivity contribution in [2.45, 2.75) is 46.0 Å². The maximum absolute atomic E-state index is 12.7. The van der Waals surface area contributed by atoms with Crippen molar-refractivity contribution in [3.63, 3.8) is 0 Å². The topological polar surface area (TPSA) is 81.2 Å². The molecule has 0 aromatic carbocycles. The highest BCUT2D eigenvalue weighted by atomic mass is 32.1. The number of carbonyl (C=O) groups excluding carboxylic acids is 2. The van der Waals surface area contributed by atoms with E-state index in [1.54, 1.807) is 6.92 Å². The molecule has 0 aliphatic heterocycles. The Hall–Kier alpha value is -1.50. The third kappa shape index (κ3) is 3.26. The summed E-state index contributed by atoms with van der Waals surface area (Å²) in [6.07, 6.45) is 6.38. The van der Waals surface area contributed by atoms with Gasteiger partial charge >= 0.3 is 5.97 Å². The number of amides is 1. The summed E-state index contributed by atoms with van der Waals surface area (Å²) in [6.45, 7) is 4.35. The highest BCUT2D eigenvalue weighted by Crippen LogP contribution is 2.58. The Bertz CT molecular complexity index is 661. The van der Waals surface area contributed by atoms with Gasteiger partial charge in [-0.1, -0.05) is 4.49 Å². The second kappa shape index (κ2) is 7.25. The molecule has 0 saturated heterocycles. The van der Waals surface area contributed by atoms with Gasteiger partial charge in [0.2, 0.25) is 0 Å². The Morgan fingerprint density at radius 2 is 1.85 bits per heavy atom. The van der Waals surface area contributed by atoms with Crippen LogP contribution in [0.15, 0.2) is 0 Å². The van der Waals surface area contributed by atoms with Crippen LogP contribution in [0.2, 0.25) is 0 Å². The van der Waals surface area contributed by atoms with Crippen molar-refractivity contribution in [2.75, 3.05) is 13.2 Å². The van der Waals surface area contributed by atoms with Gasteiger partial charge in [0.15, 0.2) is 0 Å². The molecule has 1 heterocycles. The maximum Gasteiger partial charge on any atom is 0.311 e. The zero-order chi connectivity index (χ0) is 18.3. The fourth-order valence-electron chi connectivity index (χ4n) is 5.97. The number of hydrogen-bond acceptors (Lipinski definition) is 6. The first kappa shape index (κ1) is 17.9. The molecule has 1 aromatic heterocycles. The largest absolute Gasteiger partial charge is 0.466 e. The second-order valence-corrected chi connectivity index (χ2v) is 9.02. The van der Waals surface area contributed by atoms with E-state index in [-0.39, 0.29) is 17.8 Å². The lowest BCUT2D eigenvalue weighted by molar-refractivity contribution is -0.157. The summed E-state index contributed by atoms with van der Waals surface area (Å²) < 4.78 is 9.22. The lowest BCUT2D eigenvalue weighted by atomic mass is 9.49. The van der Waals surface area contributed by atoms with Gasteiger partial charge in [0, 0.05) is 6.54 Å². The van der Waals surface area contributed by atoms with Crippen molar-refractivity contribution in [1.29, 1.82) is 0 Å². The van der Waals surface area contributed by atoms with Crippen molar-refractivity contribution >= 4 is 23.4 Å². The van der Waals surface area contributed by atoms with Crippen LogP contribution >= 0.6 is 11.5 Å². The standard InChI is InChI=1S/C19H27N3O3S/c1-3-25-19(24)15(9-20-18(23)17-10(2)21-22-26-17)16-13-5-11-4-12(7-13)8-14(16)6-11/h11-16H,3-9H2,1-2H3,(H,20,23)/t11?,12?,13?,14?,15-,16?/m1/s1. The Balaban J connectivity index is 1.49. The van der Waals surface area contributed by atoms with Crippen molar-refractivity contribution in [3.05, 3.63) is 10.6 Å². The Labute approximate surface area is 158 Å². The summed E-state index contributed by atoms with van der Waals surface area (Å²) in [5.74, 6) is 2.72. The number of ether oxygens (including phenoxy) is 1. The van der Waals surface area contributed by atoms with E-state index in [4.69, 9.17) is 4.74 Å². The van der Waals surface area contributed by atoms with E-state index in [0.29, 0.717) is 41.5 Å². The molecule has 0 unspecified atom stereocenters. The van der Waals surface area contributed by atoms with Crippen LogP contribution in [0, 0.1) is 42.4 Å². The molecule has 4 bridgehead atoms. The van der Waals surface area contributed by atoms with Gasteiger partial charge in [-0.15, -0.1) is 5.10 Å². The van der Waals surface area contributed by atoms with E-state index in [0.717, 1.165) is 23.4 Å². The van der Waals surface area contributed by atoms with Crippen LogP contribution in [-0.4, -0.2) is 34.6 Å². The molecular weight excluding hydrogens is 350 g/mol. The molecule has 4 aliphatic carbocycles. The van der Waals surface area contributed by atoms with Gasteiger partial charge in [-0.05, 0) is 87.1 Å². The smallest absolute Gasteiger partial charge is 0.311 e. The van der Waals surface area contributed by atoms with Crippen molar-refractivity contribution < 1.29 is 14.3 Å². The van der Waals surface area contributed by atoms with E-state index in [1.165, 1.54) is 32.1 Å². The molecule has 142 valence electrons. The molecule has 6 nitrogen and oxygen atoms in total. The number of carbonyl (C=O) groups is 2. The number of nitrogens with zero attached hydrogens (tertiary/aromatic N) is 2. The highest BCUT2D eigenvalue weighted by molar-refractivity contribution is 7.07. The van der Waals surface area contributed by atoms with E-state index in [9.17, 15) is 9.59 Å². The van der Waals surface area contributed by atoms with Gasteiger partial charge in [-0.2, -0.15) is 0 Å². The van der Waals surface area contributed by atoms with E-state index >= 15 is 0 Å². The number of aryl methyl sites for hydroxylation is 1. The minimum atomic E-state index is -0.241. The third-order valence-electron chi connectivity index (χ3n) is 6.69. The van der Waals surface area contributed by atoms with Gasteiger partial charge in [0.05, 0.1) is 18.2 Å². The molecular formula is C19H27N3O3S. The van der Waals surface area contributed by atoms with Crippen LogP contribution in [0.25, 0.3) is 0 Å². The molecule has 0 radical (unpaired) electrons. The normalized spacial score (nSPS) is 33.1. The summed E-state index contributed by atoms with van der Waals surface area (Å²) in [4.78, 5) is 25.7. The maximum atomic E-state index is 12.7. The van der Waals surface area contributed by atoms with Gasteiger partial charge in [-0.3, -0.25) is 9.59 Å². The van der Waals surface area contributed by atoms with Crippen molar-refractivity contribution in [3.8, 4) is 0 Å². The highest BCUT2D eigenvalue weighted by Gasteiger charge is 2.52. The van der Waals surface area contributed by atoms with Crippen LogP contribution < -0.4 is 5.32 Å². The average molecular weight is 378 g/mol. The first-order chi connectivity index (χ1) is 12.6. The fraction of sp³-hybridized carbons (Fsp3) is 0.789. The Morgan fingerprint density at radius 3 is 2.38 bits per heavy atom. The Kier molecular flexibility index (Phi) is 4.99. The zero-order valence-electron chi connectivity index (χ0n) is 15.4. The van der Waals surface area contributed by atoms with Gasteiger partial charge in [0.25, 0.3) is 5.91 Å². The molecule has 26 heavy (non-hydrogen) atoms. The predicted molar refractivity (Wildman–Crippen MR) is 97.6 cm³/mol. The van der Waals surface area contributed by atoms with Crippen LogP contribution in [0.3, 0.4) is 0 Å². The molecule has 7 heteroatoms. The molecule has 1 N–H and O–H groups in total. The average Bonchev–Trinajstić information content (AvgIpc) is 3.02. The molecule has 5 rings (SSSR count). The Morgan fingerprint density at radius 1 is 1.19 bits per heavy atom. The quantitative estimate of drug-likeness (QED) is 0.771. The number of hydrogen-bond donors (Lipinski definition) is 1. The van der Waals surface area contributed by atoms with Crippen LogP contribution in [0.4, 0.5) is 0 Å². The van der Waals surface area contributed by atoms with Crippen molar-refractivity contribution in [2.24, 2.45) is 35.5 Å². The molecule has 1 atom stereocenters. The first-order valence-electron chi connectivity index (χ1n) is 9.80. The number of aromatic nitrogens is 2. The lowest BCUT2D eigenvalue weighted by Crippen LogP contribution is -2.51. The molecule has 1 amide bonds. The molecule has 1 aromatic rings. The summed E-state index contributed by atoms with van der Waals surface area (Å²) in [5, 5.41) is 6.86. The van der Waals surface area contributed by atoms with Gasteiger partial charge < -0.3 is 10.1 Å². The van der Waals surface area contributed by atoms with Crippen molar-refractivity contribution in [1.82, 2.24) is 14.9 Å². The second-order valence-electron chi connectivity index (χ2n) is 8.26. The van der Waals surface area contributed by atoms with Crippen LogP contribution in [0.5, 0.6) is 0 Å². The van der Waals surface area contributed by atoms with Gasteiger partial charge in [-0.25, -0.2) is 0 Å². The number of rotatable bonds is 6. The summed E-state index contributed by atoms with van der Waals surface area (Å²) >= 11 is 1.10. The van der Waals surface area contributed by atoms with Crippen LogP contribution in [0.1, 0.15) is 54.4 Å². The summed E-state index contributed by atoms with van der Waals surface area (Å²) in [6, 6.07) is 0. The van der Waals surface area contributed by atoms with E-state index < -0.39 is 0 Å². The number of esters is 1. The SMILES string of the molecule is CCOC(=O)[C@H](CNC(=O)c1snnc1C)C1C2CC3CC(C2)CC1C3. The zero-order valence-corrected chi connectivity index (χ0v) is 16.3. The fourth-order valence-corrected chi connectivity index (χ4v) is 6.55. The third-order valence-corrected chi connectivity index (χ3v) is 7.52. The number of nitrogens with one attached hydrogen (secondary N) is 1.